The van der Waals surface area contributed by atoms with Crippen molar-refractivity contribution in [2.24, 2.45) is 0 Å². The Bertz CT molecular complexity index is 181. The fraction of sp³-hybridized carbons (Fsp3) is 1.00. The molecule has 2 aliphatic rings. The molecule has 16 heavy (non-hydrogen) atoms. The van der Waals surface area contributed by atoms with Crippen molar-refractivity contribution < 1.29 is 9.47 Å². The highest BCUT2D eigenvalue weighted by Gasteiger charge is 2.35. The van der Waals surface area contributed by atoms with Crippen LogP contribution >= 0.6 is 0 Å². The lowest BCUT2D eigenvalue weighted by atomic mass is 10.1. The molecule has 0 bridgehead atoms. The van der Waals surface area contributed by atoms with Gasteiger partial charge in [-0.1, -0.05) is 13.8 Å². The molecule has 2 aliphatic heterocycles. The zero-order chi connectivity index (χ0) is 12.0. The van der Waals surface area contributed by atoms with E-state index < -0.39 is 0 Å². The number of nitrogens with zero attached hydrogens (tertiary/aromatic N) is 1. The van der Waals surface area contributed by atoms with Gasteiger partial charge in [-0.3, -0.25) is 4.90 Å². The molecule has 0 N–H and O–H groups in total. The number of ether oxygens (including phenoxy) is 2. The van der Waals surface area contributed by atoms with Gasteiger partial charge in [0.25, 0.3) is 0 Å². The molecule has 2 heterocycles. The van der Waals surface area contributed by atoms with E-state index in [1.807, 2.05) is 21.0 Å². The van der Waals surface area contributed by atoms with Gasteiger partial charge < -0.3 is 9.47 Å². The molecule has 2 rings (SSSR count). The molecule has 2 saturated heterocycles. The highest BCUT2D eigenvalue weighted by molar-refractivity contribution is 4.89. The molecule has 3 atom stereocenters. The monoisotopic (exact) mass is 229 g/mol. The minimum Gasteiger partial charge on any atom is -0.380 e. The van der Waals surface area contributed by atoms with Crippen LogP contribution in [0.5, 0.6) is 0 Å². The van der Waals surface area contributed by atoms with Gasteiger partial charge >= 0.3 is 0 Å². The predicted molar refractivity (Wildman–Crippen MR) is 66.8 cm³/mol. The highest BCUT2D eigenvalue weighted by atomic mass is 16.5. The average molecular weight is 229 g/mol. The Labute approximate surface area is 100 Å². The van der Waals surface area contributed by atoms with Gasteiger partial charge in [-0.15, -0.1) is 0 Å². The van der Waals surface area contributed by atoms with Crippen molar-refractivity contribution >= 4 is 0 Å². The molecule has 0 amide bonds. The van der Waals surface area contributed by atoms with E-state index in [1.54, 1.807) is 0 Å². The van der Waals surface area contributed by atoms with Crippen LogP contribution in [-0.2, 0) is 9.47 Å². The first kappa shape index (κ1) is 13.9. The van der Waals surface area contributed by atoms with E-state index in [1.165, 1.54) is 25.8 Å². The Morgan fingerprint density at radius 1 is 1.31 bits per heavy atom. The zero-order valence-corrected chi connectivity index (χ0v) is 11.2. The molecule has 0 aromatic carbocycles. The number of hydrogen-bond acceptors (Lipinski definition) is 3. The van der Waals surface area contributed by atoms with Gasteiger partial charge in [0.05, 0.1) is 12.7 Å². The molecule has 3 heteroatoms. The van der Waals surface area contributed by atoms with Gasteiger partial charge in [-0.05, 0) is 32.7 Å². The van der Waals surface area contributed by atoms with E-state index in [2.05, 4.69) is 11.8 Å². The van der Waals surface area contributed by atoms with Crippen LogP contribution in [0.1, 0.15) is 40.0 Å². The summed E-state index contributed by atoms with van der Waals surface area (Å²) in [6, 6.07) is 1.27. The summed E-state index contributed by atoms with van der Waals surface area (Å²) in [4.78, 5) is 2.60. The van der Waals surface area contributed by atoms with Gasteiger partial charge in [0, 0.05) is 25.8 Å². The quantitative estimate of drug-likeness (QED) is 0.741. The fourth-order valence-electron chi connectivity index (χ4n) is 2.71. The normalized spacial score (nSPS) is 32.2. The Morgan fingerprint density at radius 2 is 2.06 bits per heavy atom. The molecular weight excluding hydrogens is 202 g/mol. The molecule has 0 spiro atoms. The van der Waals surface area contributed by atoms with Gasteiger partial charge in [-0.2, -0.15) is 0 Å². The maximum atomic E-state index is 5.45. The van der Waals surface area contributed by atoms with Crippen molar-refractivity contribution in [3.63, 3.8) is 0 Å². The largest absolute Gasteiger partial charge is 0.380 e. The first-order valence-electron chi connectivity index (χ1n) is 6.69. The van der Waals surface area contributed by atoms with Crippen molar-refractivity contribution in [2.45, 2.75) is 58.2 Å². The standard InChI is InChI=1S/C11H21NO2.C2H6/c1-9(13-2)11-4-3-6-12(11)10-5-7-14-8-10;1-2/h9-11H,3-8H2,1-2H3;1-2H3/t9-,10+,11-;/m0./s1. The van der Waals surface area contributed by atoms with Gasteiger partial charge in [0.15, 0.2) is 0 Å². The lowest BCUT2D eigenvalue weighted by Crippen LogP contribution is -2.45. The van der Waals surface area contributed by atoms with E-state index in [9.17, 15) is 0 Å². The smallest absolute Gasteiger partial charge is 0.0698 e. The third-order valence-corrected chi connectivity index (χ3v) is 3.63. The van der Waals surface area contributed by atoms with Crippen LogP contribution in [0.15, 0.2) is 0 Å². The molecule has 0 aromatic heterocycles. The topological polar surface area (TPSA) is 21.7 Å². The number of likely N-dealkylation sites (tertiary alicyclic amines) is 1. The van der Waals surface area contributed by atoms with Crippen molar-refractivity contribution in [3.05, 3.63) is 0 Å². The van der Waals surface area contributed by atoms with Gasteiger partial charge in [0.1, 0.15) is 0 Å². The summed E-state index contributed by atoms with van der Waals surface area (Å²) in [7, 11) is 1.81. The minimum absolute atomic E-state index is 0.359. The number of methoxy groups -OCH3 is 1. The highest BCUT2D eigenvalue weighted by Crippen LogP contribution is 2.27. The first-order valence-corrected chi connectivity index (χ1v) is 6.69. The number of hydrogen-bond donors (Lipinski definition) is 0. The summed E-state index contributed by atoms with van der Waals surface area (Å²) in [6.07, 6.45) is 4.16. The molecule has 0 saturated carbocycles. The fourth-order valence-corrected chi connectivity index (χ4v) is 2.71. The molecule has 0 radical (unpaired) electrons. The molecular formula is C13H27NO2. The van der Waals surface area contributed by atoms with Crippen LogP contribution in [-0.4, -0.2) is 50.0 Å². The van der Waals surface area contributed by atoms with E-state index in [4.69, 9.17) is 9.47 Å². The lowest BCUT2D eigenvalue weighted by Gasteiger charge is -2.32. The third kappa shape index (κ3) is 3.19. The lowest BCUT2D eigenvalue weighted by molar-refractivity contribution is 0.0245. The van der Waals surface area contributed by atoms with E-state index in [0.29, 0.717) is 18.2 Å². The zero-order valence-electron chi connectivity index (χ0n) is 11.2. The van der Waals surface area contributed by atoms with Crippen molar-refractivity contribution in [2.75, 3.05) is 26.9 Å². The van der Waals surface area contributed by atoms with Gasteiger partial charge in [0.2, 0.25) is 0 Å². The Morgan fingerprint density at radius 3 is 2.62 bits per heavy atom. The van der Waals surface area contributed by atoms with Crippen LogP contribution in [0, 0.1) is 0 Å². The predicted octanol–water partition coefficient (Wildman–Crippen LogP) is 2.30. The maximum Gasteiger partial charge on any atom is 0.0698 e. The molecule has 96 valence electrons. The van der Waals surface area contributed by atoms with Crippen LogP contribution in [0.2, 0.25) is 0 Å². The summed E-state index contributed by atoms with van der Waals surface area (Å²) >= 11 is 0. The molecule has 0 aromatic rings. The second-order valence-corrected chi connectivity index (χ2v) is 4.41. The Kier molecular flexibility index (Phi) is 6.32. The molecule has 0 unspecified atom stereocenters. The molecule has 2 fully saturated rings. The number of rotatable bonds is 3. The summed E-state index contributed by atoms with van der Waals surface area (Å²) in [5.74, 6) is 0. The summed E-state index contributed by atoms with van der Waals surface area (Å²) in [5.41, 5.74) is 0. The Hall–Kier alpha value is -0.120. The minimum atomic E-state index is 0.359. The Balaban J connectivity index is 0.000000606. The van der Waals surface area contributed by atoms with Crippen molar-refractivity contribution in [3.8, 4) is 0 Å². The first-order chi connectivity index (χ1) is 7.83. The molecule has 0 aliphatic carbocycles. The summed E-state index contributed by atoms with van der Waals surface area (Å²) in [5, 5.41) is 0. The van der Waals surface area contributed by atoms with Crippen molar-refractivity contribution in [1.29, 1.82) is 0 Å². The van der Waals surface area contributed by atoms with Crippen LogP contribution in [0.25, 0.3) is 0 Å². The molecule has 3 nitrogen and oxygen atoms in total. The summed E-state index contributed by atoms with van der Waals surface area (Å²) in [6.45, 7) is 9.27. The SMILES string of the molecule is CC.CO[C@@H](C)[C@@H]1CCCN1[C@@H]1CCOC1. The van der Waals surface area contributed by atoms with Crippen LogP contribution < -0.4 is 0 Å². The average Bonchev–Trinajstić information content (AvgIpc) is 3.00. The van der Waals surface area contributed by atoms with Gasteiger partial charge in [-0.25, -0.2) is 0 Å². The maximum absolute atomic E-state index is 5.45. The van der Waals surface area contributed by atoms with E-state index in [-0.39, 0.29) is 0 Å². The van der Waals surface area contributed by atoms with E-state index >= 15 is 0 Å². The van der Waals surface area contributed by atoms with Crippen molar-refractivity contribution in [1.82, 2.24) is 4.90 Å². The van der Waals surface area contributed by atoms with E-state index in [0.717, 1.165) is 13.2 Å². The van der Waals surface area contributed by atoms with Crippen LogP contribution in [0.3, 0.4) is 0 Å². The van der Waals surface area contributed by atoms with Crippen LogP contribution in [0.4, 0.5) is 0 Å². The summed E-state index contributed by atoms with van der Waals surface area (Å²) < 4.78 is 10.9. The third-order valence-electron chi connectivity index (χ3n) is 3.63. The second kappa shape index (κ2) is 7.25. The second-order valence-electron chi connectivity index (χ2n) is 4.41.